The normalized spacial score (nSPS) is 10.3. The molecule has 0 saturated carbocycles. The number of carbonyl (C=O) groups excluding carboxylic acids is 1. The maximum Gasteiger partial charge on any atom is 0.338 e. The van der Waals surface area contributed by atoms with Crippen LogP contribution in [0.1, 0.15) is 62.7 Å². The van der Waals surface area contributed by atoms with Crippen LogP contribution >= 0.6 is 0 Å². The fraction of sp³-hybridized carbons (Fsp3) is 0.588. The van der Waals surface area contributed by atoms with Crippen molar-refractivity contribution in [3.05, 3.63) is 29.8 Å². The zero-order chi connectivity index (χ0) is 14.6. The van der Waals surface area contributed by atoms with Gasteiger partial charge in [0.1, 0.15) is 0 Å². The summed E-state index contributed by atoms with van der Waals surface area (Å²) in [6.45, 7) is 5.46. The van der Waals surface area contributed by atoms with Crippen LogP contribution in [-0.4, -0.2) is 19.1 Å². The van der Waals surface area contributed by atoms with Crippen molar-refractivity contribution in [3.63, 3.8) is 0 Å². The molecule has 0 aromatic heterocycles. The summed E-state index contributed by atoms with van der Waals surface area (Å²) in [6, 6.07) is 7.48. The molecule has 1 aromatic rings. The molecule has 0 spiro atoms. The summed E-state index contributed by atoms with van der Waals surface area (Å²) in [5, 5.41) is 3.38. The molecule has 0 bridgehead atoms. The molecule has 112 valence electrons. The Morgan fingerprint density at radius 1 is 1.00 bits per heavy atom. The summed E-state index contributed by atoms with van der Waals surface area (Å²) in [5.74, 6) is -0.255. The van der Waals surface area contributed by atoms with Crippen LogP contribution in [0.3, 0.4) is 0 Å². The van der Waals surface area contributed by atoms with Crippen molar-refractivity contribution in [2.24, 2.45) is 0 Å². The Kier molecular flexibility index (Phi) is 8.52. The predicted octanol–water partition coefficient (Wildman–Crippen LogP) is 4.64. The molecular formula is C17H27NO2. The Morgan fingerprint density at radius 2 is 1.65 bits per heavy atom. The van der Waals surface area contributed by atoms with E-state index in [2.05, 4.69) is 12.2 Å². The Labute approximate surface area is 122 Å². The van der Waals surface area contributed by atoms with Gasteiger partial charge < -0.3 is 10.1 Å². The number of nitrogens with one attached hydrogen (secondary N) is 1. The Bertz CT molecular complexity index is 373. The molecule has 0 aliphatic carbocycles. The second kappa shape index (κ2) is 10.3. The smallest absolute Gasteiger partial charge is 0.338 e. The first-order chi connectivity index (χ1) is 9.77. The van der Waals surface area contributed by atoms with Gasteiger partial charge in [0.25, 0.3) is 0 Å². The minimum atomic E-state index is -0.255. The third-order valence-corrected chi connectivity index (χ3v) is 3.26. The van der Waals surface area contributed by atoms with Gasteiger partial charge in [-0.15, -0.1) is 0 Å². The summed E-state index contributed by atoms with van der Waals surface area (Å²) in [7, 11) is 0. The topological polar surface area (TPSA) is 38.3 Å². The van der Waals surface area contributed by atoms with Crippen LogP contribution in [0.4, 0.5) is 5.69 Å². The zero-order valence-electron chi connectivity index (χ0n) is 12.8. The van der Waals surface area contributed by atoms with Gasteiger partial charge in [-0.2, -0.15) is 0 Å². The summed E-state index contributed by atoms with van der Waals surface area (Å²) < 4.78 is 4.95. The van der Waals surface area contributed by atoms with E-state index in [-0.39, 0.29) is 5.97 Å². The van der Waals surface area contributed by atoms with E-state index in [4.69, 9.17) is 4.74 Å². The van der Waals surface area contributed by atoms with E-state index in [1.54, 1.807) is 0 Å². The Morgan fingerprint density at radius 3 is 2.30 bits per heavy atom. The van der Waals surface area contributed by atoms with E-state index in [9.17, 15) is 4.79 Å². The number of anilines is 1. The first kappa shape index (κ1) is 16.5. The van der Waals surface area contributed by atoms with Gasteiger partial charge in [-0.05, 0) is 37.6 Å². The van der Waals surface area contributed by atoms with Crippen LogP contribution < -0.4 is 5.32 Å². The van der Waals surface area contributed by atoms with Gasteiger partial charge in [0.05, 0.1) is 12.2 Å². The number of rotatable bonds is 10. The molecule has 0 saturated heterocycles. The van der Waals surface area contributed by atoms with Gasteiger partial charge in [-0.1, -0.05) is 39.0 Å². The van der Waals surface area contributed by atoms with Crippen LogP contribution in [0.2, 0.25) is 0 Å². The van der Waals surface area contributed by atoms with E-state index >= 15 is 0 Å². The lowest BCUT2D eigenvalue weighted by Crippen LogP contribution is -2.05. The molecule has 1 aromatic carbocycles. The van der Waals surface area contributed by atoms with Crippen LogP contribution in [0, 0.1) is 0 Å². The molecule has 0 amide bonds. The number of benzene rings is 1. The largest absolute Gasteiger partial charge is 0.462 e. The summed E-state index contributed by atoms with van der Waals surface area (Å²) in [6.07, 6.45) is 7.81. The molecule has 0 heterocycles. The summed E-state index contributed by atoms with van der Waals surface area (Å²) >= 11 is 0. The molecule has 3 heteroatoms. The predicted molar refractivity (Wildman–Crippen MR) is 84.3 cm³/mol. The number of unbranched alkanes of at least 4 members (excludes halogenated alkanes) is 5. The molecule has 0 fully saturated rings. The van der Waals surface area contributed by atoms with Gasteiger partial charge in [-0.25, -0.2) is 4.79 Å². The average Bonchev–Trinajstić information content (AvgIpc) is 2.47. The van der Waals surface area contributed by atoms with E-state index in [0.717, 1.165) is 12.2 Å². The highest BCUT2D eigenvalue weighted by molar-refractivity contribution is 5.89. The molecule has 0 aliphatic rings. The number of ether oxygens (including phenoxy) is 1. The monoisotopic (exact) mass is 277 g/mol. The van der Waals surface area contributed by atoms with Gasteiger partial charge in [0, 0.05) is 12.2 Å². The van der Waals surface area contributed by atoms with Crippen molar-refractivity contribution in [3.8, 4) is 0 Å². The third-order valence-electron chi connectivity index (χ3n) is 3.26. The van der Waals surface area contributed by atoms with Crippen molar-refractivity contribution in [1.29, 1.82) is 0 Å². The van der Waals surface area contributed by atoms with Crippen molar-refractivity contribution in [1.82, 2.24) is 0 Å². The lowest BCUT2D eigenvalue weighted by Gasteiger charge is -2.07. The minimum Gasteiger partial charge on any atom is -0.462 e. The fourth-order valence-corrected chi connectivity index (χ4v) is 2.08. The second-order valence-electron chi connectivity index (χ2n) is 4.99. The maximum absolute atomic E-state index is 11.5. The molecule has 3 nitrogen and oxygen atoms in total. The fourth-order valence-electron chi connectivity index (χ4n) is 2.08. The van der Waals surface area contributed by atoms with Gasteiger partial charge >= 0.3 is 5.97 Å². The van der Waals surface area contributed by atoms with Crippen LogP contribution in [-0.2, 0) is 4.74 Å². The quantitative estimate of drug-likeness (QED) is 0.500. The summed E-state index contributed by atoms with van der Waals surface area (Å²) in [5.41, 5.74) is 1.67. The molecule has 0 radical (unpaired) electrons. The molecular weight excluding hydrogens is 250 g/mol. The highest BCUT2D eigenvalue weighted by Crippen LogP contribution is 2.11. The van der Waals surface area contributed by atoms with Crippen molar-refractivity contribution >= 4 is 11.7 Å². The lowest BCUT2D eigenvalue weighted by molar-refractivity contribution is 0.0526. The number of hydrogen-bond acceptors (Lipinski definition) is 3. The molecule has 0 atom stereocenters. The van der Waals surface area contributed by atoms with E-state index in [1.165, 1.54) is 38.5 Å². The molecule has 20 heavy (non-hydrogen) atoms. The van der Waals surface area contributed by atoms with Crippen molar-refractivity contribution in [2.75, 3.05) is 18.5 Å². The van der Waals surface area contributed by atoms with Gasteiger partial charge in [0.2, 0.25) is 0 Å². The van der Waals surface area contributed by atoms with Crippen LogP contribution in [0.15, 0.2) is 24.3 Å². The summed E-state index contributed by atoms with van der Waals surface area (Å²) in [4.78, 5) is 11.5. The minimum absolute atomic E-state index is 0.255. The SMILES string of the molecule is CCCCCCCCNc1ccc(C(=O)OCC)cc1. The van der Waals surface area contributed by atoms with Gasteiger partial charge in [0.15, 0.2) is 0 Å². The first-order valence-electron chi connectivity index (χ1n) is 7.79. The average molecular weight is 277 g/mol. The van der Waals surface area contributed by atoms with Crippen molar-refractivity contribution < 1.29 is 9.53 Å². The number of hydrogen-bond donors (Lipinski definition) is 1. The highest BCUT2D eigenvalue weighted by atomic mass is 16.5. The second-order valence-corrected chi connectivity index (χ2v) is 4.99. The first-order valence-corrected chi connectivity index (χ1v) is 7.79. The zero-order valence-corrected chi connectivity index (χ0v) is 12.8. The van der Waals surface area contributed by atoms with E-state index in [1.807, 2.05) is 31.2 Å². The lowest BCUT2D eigenvalue weighted by atomic mass is 10.1. The van der Waals surface area contributed by atoms with Crippen LogP contribution in [0.5, 0.6) is 0 Å². The number of esters is 1. The Hall–Kier alpha value is -1.51. The molecule has 1 rings (SSSR count). The standard InChI is InChI=1S/C17H27NO2/c1-3-5-6-7-8-9-14-18-16-12-10-15(11-13-16)17(19)20-4-2/h10-13,18H,3-9,14H2,1-2H3. The molecule has 0 aliphatic heterocycles. The number of carbonyl (C=O) groups is 1. The van der Waals surface area contributed by atoms with E-state index in [0.29, 0.717) is 12.2 Å². The maximum atomic E-state index is 11.5. The van der Waals surface area contributed by atoms with Crippen molar-refractivity contribution in [2.45, 2.75) is 52.4 Å². The molecule has 0 unspecified atom stereocenters. The van der Waals surface area contributed by atoms with Crippen LogP contribution in [0.25, 0.3) is 0 Å². The highest BCUT2D eigenvalue weighted by Gasteiger charge is 2.04. The van der Waals surface area contributed by atoms with Gasteiger partial charge in [-0.3, -0.25) is 0 Å². The van der Waals surface area contributed by atoms with E-state index < -0.39 is 0 Å². The Balaban J connectivity index is 2.20. The molecule has 1 N–H and O–H groups in total. The third kappa shape index (κ3) is 6.60.